The Kier molecular flexibility index (Phi) is 6.03. The third-order valence-corrected chi connectivity index (χ3v) is 7.88. The van der Waals surface area contributed by atoms with Gasteiger partial charge in [-0.2, -0.15) is 4.08 Å². The maximum atomic E-state index is 12.2. The molecule has 1 amide bonds. The summed E-state index contributed by atoms with van der Waals surface area (Å²) in [5, 5.41) is 2.10. The zero-order valence-corrected chi connectivity index (χ0v) is 15.0. The SMILES string of the molecule is CC1(C)COP(=S)(N(SCNC(=O)F)C(C)(C)C)OC1. The maximum absolute atomic E-state index is 12.2. The molecule has 0 saturated carbocycles. The van der Waals surface area contributed by atoms with Gasteiger partial charge in [0.05, 0.1) is 19.1 Å². The van der Waals surface area contributed by atoms with Crippen molar-refractivity contribution in [2.75, 3.05) is 19.1 Å². The van der Waals surface area contributed by atoms with E-state index in [4.69, 9.17) is 20.9 Å². The van der Waals surface area contributed by atoms with Crippen LogP contribution in [0, 0.1) is 5.41 Å². The molecule has 5 nitrogen and oxygen atoms in total. The lowest BCUT2D eigenvalue weighted by Crippen LogP contribution is -2.40. The summed E-state index contributed by atoms with van der Waals surface area (Å²) in [6, 6.07) is 0. The van der Waals surface area contributed by atoms with Gasteiger partial charge in [0.1, 0.15) is 0 Å². The van der Waals surface area contributed by atoms with E-state index in [0.717, 1.165) is 0 Å². The summed E-state index contributed by atoms with van der Waals surface area (Å²) in [7, 11) is 0. The van der Waals surface area contributed by atoms with Crippen molar-refractivity contribution in [3.8, 4) is 0 Å². The predicted octanol–water partition coefficient (Wildman–Crippen LogP) is 3.67. The molecule has 0 aliphatic carbocycles. The van der Waals surface area contributed by atoms with Gasteiger partial charge in [0.2, 0.25) is 0 Å². The van der Waals surface area contributed by atoms with Crippen LogP contribution in [0.5, 0.6) is 0 Å². The Morgan fingerprint density at radius 2 is 1.95 bits per heavy atom. The van der Waals surface area contributed by atoms with E-state index in [1.165, 1.54) is 11.9 Å². The first-order valence-corrected chi connectivity index (χ1v) is 9.76. The molecule has 0 radical (unpaired) electrons. The maximum Gasteiger partial charge on any atom is 0.398 e. The number of carbonyl (C=O) groups is 1. The number of nitrogens with one attached hydrogen (secondary N) is 1. The summed E-state index contributed by atoms with van der Waals surface area (Å²) in [5.41, 5.74) is -0.396. The van der Waals surface area contributed by atoms with Gasteiger partial charge in [0, 0.05) is 11.0 Å². The highest BCUT2D eigenvalue weighted by Crippen LogP contribution is 2.62. The minimum atomic E-state index is -2.63. The summed E-state index contributed by atoms with van der Waals surface area (Å²) >= 11 is 6.79. The van der Waals surface area contributed by atoms with Crippen LogP contribution in [-0.4, -0.2) is 34.9 Å². The molecule has 1 heterocycles. The summed E-state index contributed by atoms with van der Waals surface area (Å²) in [5.74, 6) is 0.0844. The lowest BCUT2D eigenvalue weighted by molar-refractivity contribution is 0.0453. The lowest BCUT2D eigenvalue weighted by Gasteiger charge is -2.45. The molecule has 0 spiro atoms. The van der Waals surface area contributed by atoms with Gasteiger partial charge in [-0.1, -0.05) is 13.8 Å². The first-order chi connectivity index (χ1) is 8.96. The quantitative estimate of drug-likeness (QED) is 0.276. The molecule has 1 rings (SSSR count). The summed E-state index contributed by atoms with van der Waals surface area (Å²) in [6.07, 6.45) is -1.56. The van der Waals surface area contributed by atoms with Gasteiger partial charge in [-0.25, -0.2) is 4.79 Å². The van der Waals surface area contributed by atoms with E-state index in [1.54, 1.807) is 0 Å². The van der Waals surface area contributed by atoms with Crippen LogP contribution in [0.4, 0.5) is 9.18 Å². The number of nitrogens with zero attached hydrogens (tertiary/aromatic N) is 1. The van der Waals surface area contributed by atoms with Crippen LogP contribution >= 0.6 is 18.6 Å². The lowest BCUT2D eigenvalue weighted by atomic mass is 9.97. The van der Waals surface area contributed by atoms with Crippen LogP contribution in [0.2, 0.25) is 0 Å². The van der Waals surface area contributed by atoms with Crippen molar-refractivity contribution in [3.63, 3.8) is 0 Å². The van der Waals surface area contributed by atoms with Crippen LogP contribution < -0.4 is 5.32 Å². The molecular weight excluding hydrogens is 322 g/mol. The average molecular weight is 344 g/mol. The van der Waals surface area contributed by atoms with Gasteiger partial charge < -0.3 is 14.4 Å². The first kappa shape index (κ1) is 18.3. The Hall–Kier alpha value is 0.280. The first-order valence-electron chi connectivity index (χ1n) is 6.22. The molecule has 0 aromatic carbocycles. The topological polar surface area (TPSA) is 50.8 Å². The van der Waals surface area contributed by atoms with Crippen LogP contribution in [0.15, 0.2) is 0 Å². The zero-order valence-electron chi connectivity index (χ0n) is 12.4. The monoisotopic (exact) mass is 344 g/mol. The Bertz CT molecular complexity index is 401. The summed E-state index contributed by atoms with van der Waals surface area (Å²) in [4.78, 5) is 10.3. The highest BCUT2D eigenvalue weighted by atomic mass is 32.5. The predicted molar refractivity (Wildman–Crippen MR) is 83.7 cm³/mol. The standard InChI is InChI=1S/C11H22FN2O3PS2/c1-10(2,3)14(20-8-13-9(12)15)18(19)16-6-11(4,5)7-17-18/h6-8H2,1-5H3,(H,13,15). The van der Waals surface area contributed by atoms with Crippen LogP contribution in [0.25, 0.3) is 0 Å². The van der Waals surface area contributed by atoms with Gasteiger partial charge in [0.25, 0.3) is 6.64 Å². The van der Waals surface area contributed by atoms with Crippen LogP contribution in [0.1, 0.15) is 34.6 Å². The molecule has 0 atom stereocenters. The van der Waals surface area contributed by atoms with Crippen LogP contribution in [0.3, 0.4) is 0 Å². The molecule has 118 valence electrons. The Labute approximate surface area is 129 Å². The van der Waals surface area contributed by atoms with Crippen molar-refractivity contribution in [2.45, 2.75) is 40.2 Å². The minimum Gasteiger partial charge on any atom is -0.318 e. The highest BCUT2D eigenvalue weighted by molar-refractivity contribution is 8.15. The molecule has 0 unspecified atom stereocenters. The molecule has 9 heteroatoms. The van der Waals surface area contributed by atoms with Crippen molar-refractivity contribution >= 4 is 36.6 Å². The fourth-order valence-corrected chi connectivity index (χ4v) is 6.71. The average Bonchev–Trinajstić information content (AvgIpc) is 2.27. The highest BCUT2D eigenvalue weighted by Gasteiger charge is 2.42. The van der Waals surface area contributed by atoms with E-state index in [1.807, 2.05) is 38.7 Å². The molecule has 1 N–H and O–H groups in total. The molecule has 0 aromatic rings. The molecule has 0 aromatic heterocycles. The second-order valence-corrected chi connectivity index (χ2v) is 10.8. The molecule has 1 aliphatic rings. The third kappa shape index (κ3) is 5.24. The zero-order chi connectivity index (χ0) is 15.6. The Balaban J connectivity index is 2.78. The molecule has 1 saturated heterocycles. The Morgan fingerprint density at radius 3 is 2.35 bits per heavy atom. The third-order valence-electron chi connectivity index (χ3n) is 2.43. The second-order valence-electron chi connectivity index (χ2n) is 6.35. The molecule has 1 aliphatic heterocycles. The fourth-order valence-electron chi connectivity index (χ4n) is 1.48. The smallest absolute Gasteiger partial charge is 0.318 e. The Morgan fingerprint density at radius 1 is 1.45 bits per heavy atom. The number of rotatable bonds is 4. The molecule has 20 heavy (non-hydrogen) atoms. The van der Waals surface area contributed by atoms with E-state index in [-0.39, 0.29) is 16.8 Å². The number of amides is 1. The number of hydrogen-bond donors (Lipinski definition) is 1. The minimum absolute atomic E-state index is 0.0658. The fraction of sp³-hybridized carbons (Fsp3) is 0.909. The molecular formula is C11H22FN2O3PS2. The summed E-state index contributed by atoms with van der Waals surface area (Å²) in [6.45, 7) is 8.41. The van der Waals surface area contributed by atoms with Gasteiger partial charge in [0.15, 0.2) is 0 Å². The van der Waals surface area contributed by atoms with Gasteiger partial charge in [-0.3, -0.25) is 0 Å². The molecule has 1 fully saturated rings. The summed E-state index contributed by atoms with van der Waals surface area (Å²) < 4.78 is 25.7. The van der Waals surface area contributed by atoms with E-state index in [0.29, 0.717) is 13.2 Å². The van der Waals surface area contributed by atoms with Crippen molar-refractivity contribution < 1.29 is 18.2 Å². The number of halogens is 1. The van der Waals surface area contributed by atoms with Gasteiger partial charge >= 0.3 is 6.16 Å². The van der Waals surface area contributed by atoms with Gasteiger partial charge in [-0.05, 0) is 44.5 Å². The van der Waals surface area contributed by atoms with E-state index < -0.39 is 12.8 Å². The van der Waals surface area contributed by atoms with Crippen molar-refractivity contribution in [1.82, 2.24) is 9.39 Å². The van der Waals surface area contributed by atoms with Crippen molar-refractivity contribution in [1.29, 1.82) is 0 Å². The second kappa shape index (κ2) is 6.58. The number of carbonyl (C=O) groups excluding carboxylic acids is 1. The normalized spacial score (nSPS) is 21.8. The van der Waals surface area contributed by atoms with Crippen LogP contribution in [-0.2, 0) is 20.9 Å². The van der Waals surface area contributed by atoms with Crippen molar-refractivity contribution in [3.05, 3.63) is 0 Å². The number of hydrogen-bond acceptors (Lipinski definition) is 5. The van der Waals surface area contributed by atoms with E-state index in [2.05, 4.69) is 5.32 Å². The van der Waals surface area contributed by atoms with E-state index in [9.17, 15) is 9.18 Å². The van der Waals surface area contributed by atoms with Gasteiger partial charge in [-0.15, -0.1) is 4.39 Å². The largest absolute Gasteiger partial charge is 0.398 e. The van der Waals surface area contributed by atoms with E-state index >= 15 is 0 Å². The molecule has 0 bridgehead atoms. The van der Waals surface area contributed by atoms with Crippen molar-refractivity contribution in [2.24, 2.45) is 5.41 Å².